The van der Waals surface area contributed by atoms with E-state index in [0.717, 1.165) is 13.3 Å². The SMILES string of the molecule is CCC[Si]1(OCC)CCCC(C)(C(F)(F)F)O1. The van der Waals surface area contributed by atoms with Crippen molar-refractivity contribution in [2.75, 3.05) is 6.61 Å². The average molecular weight is 270 g/mol. The van der Waals surface area contributed by atoms with Crippen molar-refractivity contribution in [3.05, 3.63) is 0 Å². The molecule has 0 bridgehead atoms. The summed E-state index contributed by atoms with van der Waals surface area (Å²) in [5.74, 6) is 0. The van der Waals surface area contributed by atoms with E-state index in [1.54, 1.807) is 0 Å². The van der Waals surface area contributed by atoms with Gasteiger partial charge >= 0.3 is 14.7 Å². The maximum atomic E-state index is 13.0. The first-order valence-corrected chi connectivity index (χ1v) is 8.42. The number of halogens is 3. The lowest BCUT2D eigenvalue weighted by Gasteiger charge is -2.45. The molecule has 6 heteroatoms. The van der Waals surface area contributed by atoms with Gasteiger partial charge in [0, 0.05) is 6.61 Å². The van der Waals surface area contributed by atoms with Gasteiger partial charge in [0.2, 0.25) is 0 Å². The molecule has 1 fully saturated rings. The monoisotopic (exact) mass is 270 g/mol. The zero-order valence-electron chi connectivity index (χ0n) is 10.7. The predicted octanol–water partition coefficient (Wildman–Crippen LogP) is 4.01. The Kier molecular flexibility index (Phi) is 4.65. The second-order valence-electron chi connectivity index (χ2n) is 4.78. The highest BCUT2D eigenvalue weighted by Gasteiger charge is 2.59. The van der Waals surface area contributed by atoms with Crippen LogP contribution in [0.1, 0.15) is 40.0 Å². The number of hydrogen-bond acceptors (Lipinski definition) is 2. The lowest BCUT2D eigenvalue weighted by atomic mass is 10.0. The molecule has 0 N–H and O–H groups in total. The highest BCUT2D eigenvalue weighted by Crippen LogP contribution is 2.45. The molecule has 0 aromatic rings. The summed E-state index contributed by atoms with van der Waals surface area (Å²) in [5, 5.41) is 0. The second-order valence-corrected chi connectivity index (χ2v) is 8.09. The minimum Gasteiger partial charge on any atom is -0.394 e. The van der Waals surface area contributed by atoms with Crippen LogP contribution in [0.3, 0.4) is 0 Å². The van der Waals surface area contributed by atoms with Crippen LogP contribution < -0.4 is 0 Å². The van der Waals surface area contributed by atoms with Crippen molar-refractivity contribution in [1.82, 2.24) is 0 Å². The standard InChI is InChI=1S/C11H21F3O2Si/c1-4-8-17(15-5-2)9-6-7-10(3,16-17)11(12,13)14/h4-9H2,1-3H3. The molecule has 0 amide bonds. The van der Waals surface area contributed by atoms with Gasteiger partial charge in [-0.2, -0.15) is 13.2 Å². The fourth-order valence-corrected chi connectivity index (χ4v) is 6.24. The van der Waals surface area contributed by atoms with Gasteiger partial charge < -0.3 is 8.85 Å². The summed E-state index contributed by atoms with van der Waals surface area (Å²) in [6, 6.07) is 1.33. The highest BCUT2D eigenvalue weighted by atomic mass is 28.4. The molecule has 0 aromatic carbocycles. The Hall–Kier alpha value is -0.0731. The molecule has 2 nitrogen and oxygen atoms in total. The van der Waals surface area contributed by atoms with E-state index in [9.17, 15) is 13.2 Å². The molecular formula is C11H21F3O2Si. The minimum absolute atomic E-state index is 0.0437. The molecule has 1 heterocycles. The quantitative estimate of drug-likeness (QED) is 0.719. The molecule has 2 atom stereocenters. The van der Waals surface area contributed by atoms with Gasteiger partial charge in [-0.15, -0.1) is 0 Å². The van der Waals surface area contributed by atoms with Gasteiger partial charge in [-0.1, -0.05) is 13.3 Å². The van der Waals surface area contributed by atoms with E-state index in [1.165, 1.54) is 0 Å². The first kappa shape index (κ1) is 15.0. The van der Waals surface area contributed by atoms with Crippen molar-refractivity contribution < 1.29 is 22.0 Å². The van der Waals surface area contributed by atoms with Crippen LogP contribution >= 0.6 is 0 Å². The Morgan fingerprint density at radius 3 is 2.47 bits per heavy atom. The zero-order valence-corrected chi connectivity index (χ0v) is 11.7. The summed E-state index contributed by atoms with van der Waals surface area (Å²) in [4.78, 5) is 0. The van der Waals surface area contributed by atoms with Crippen LogP contribution in [-0.2, 0) is 8.85 Å². The highest BCUT2D eigenvalue weighted by molar-refractivity contribution is 6.67. The van der Waals surface area contributed by atoms with E-state index in [1.807, 2.05) is 13.8 Å². The Morgan fingerprint density at radius 2 is 2.00 bits per heavy atom. The first-order chi connectivity index (χ1) is 7.79. The Bertz CT molecular complexity index is 246. The maximum absolute atomic E-state index is 13.0. The predicted molar refractivity (Wildman–Crippen MR) is 62.1 cm³/mol. The summed E-state index contributed by atoms with van der Waals surface area (Å²) in [6.45, 7) is 5.35. The molecule has 1 saturated heterocycles. The third-order valence-electron chi connectivity index (χ3n) is 3.26. The van der Waals surface area contributed by atoms with Gasteiger partial charge in [0.15, 0.2) is 5.60 Å². The van der Waals surface area contributed by atoms with Crippen LogP contribution in [0, 0.1) is 0 Å². The Balaban J connectivity index is 2.88. The molecule has 0 aromatic heterocycles. The van der Waals surface area contributed by atoms with E-state index in [2.05, 4.69) is 0 Å². The normalized spacial score (nSPS) is 34.9. The Labute approximate surface area is 102 Å². The van der Waals surface area contributed by atoms with Crippen molar-refractivity contribution in [2.24, 2.45) is 0 Å². The van der Waals surface area contributed by atoms with E-state index < -0.39 is 20.3 Å². The molecule has 1 rings (SSSR count). The zero-order chi connectivity index (χ0) is 13.2. The molecule has 0 spiro atoms. The molecule has 0 radical (unpaired) electrons. The summed E-state index contributed by atoms with van der Waals surface area (Å²) in [7, 11) is -2.65. The van der Waals surface area contributed by atoms with E-state index in [4.69, 9.17) is 8.85 Å². The van der Waals surface area contributed by atoms with Gasteiger partial charge in [-0.25, -0.2) is 0 Å². The van der Waals surface area contributed by atoms with Crippen molar-refractivity contribution in [2.45, 2.75) is 63.9 Å². The van der Waals surface area contributed by atoms with Gasteiger partial charge in [0.25, 0.3) is 0 Å². The van der Waals surface area contributed by atoms with Gasteiger partial charge in [0.1, 0.15) is 0 Å². The summed E-state index contributed by atoms with van der Waals surface area (Å²) < 4.78 is 50.1. The van der Waals surface area contributed by atoms with Gasteiger partial charge in [-0.05, 0) is 38.8 Å². The molecule has 102 valence electrons. The molecule has 17 heavy (non-hydrogen) atoms. The van der Waals surface area contributed by atoms with E-state index in [0.29, 0.717) is 25.1 Å². The maximum Gasteiger partial charge on any atom is 0.416 e. The van der Waals surface area contributed by atoms with Crippen LogP contribution in [0.25, 0.3) is 0 Å². The van der Waals surface area contributed by atoms with E-state index in [-0.39, 0.29) is 6.42 Å². The molecule has 1 aliphatic heterocycles. The lowest BCUT2D eigenvalue weighted by molar-refractivity contribution is -0.256. The molecule has 0 saturated carbocycles. The molecule has 0 aliphatic carbocycles. The first-order valence-electron chi connectivity index (χ1n) is 6.19. The minimum atomic E-state index is -4.31. The fourth-order valence-electron chi connectivity index (χ4n) is 2.40. The van der Waals surface area contributed by atoms with Crippen molar-refractivity contribution in [3.8, 4) is 0 Å². The number of hydrogen-bond donors (Lipinski definition) is 0. The topological polar surface area (TPSA) is 18.5 Å². The third-order valence-corrected chi connectivity index (χ3v) is 7.28. The summed E-state index contributed by atoms with van der Waals surface area (Å²) in [5.41, 5.74) is -2.01. The summed E-state index contributed by atoms with van der Waals surface area (Å²) in [6.07, 6.45) is -2.92. The number of alkyl halides is 3. The van der Waals surface area contributed by atoms with Crippen LogP contribution in [0.2, 0.25) is 12.1 Å². The fraction of sp³-hybridized carbons (Fsp3) is 1.00. The van der Waals surface area contributed by atoms with Gasteiger partial charge in [-0.3, -0.25) is 0 Å². The lowest BCUT2D eigenvalue weighted by Crippen LogP contribution is -2.58. The molecule has 2 unspecified atom stereocenters. The molecule has 1 aliphatic rings. The van der Waals surface area contributed by atoms with Crippen LogP contribution in [0.4, 0.5) is 13.2 Å². The van der Waals surface area contributed by atoms with Crippen molar-refractivity contribution >= 4 is 8.56 Å². The third kappa shape index (κ3) is 3.23. The van der Waals surface area contributed by atoms with Crippen LogP contribution in [0.15, 0.2) is 0 Å². The van der Waals surface area contributed by atoms with Crippen molar-refractivity contribution in [3.63, 3.8) is 0 Å². The average Bonchev–Trinajstić information content (AvgIpc) is 2.16. The summed E-state index contributed by atoms with van der Waals surface area (Å²) >= 11 is 0. The van der Waals surface area contributed by atoms with Crippen LogP contribution in [-0.4, -0.2) is 26.9 Å². The number of rotatable bonds is 4. The molecular weight excluding hydrogens is 249 g/mol. The Morgan fingerprint density at radius 1 is 1.35 bits per heavy atom. The van der Waals surface area contributed by atoms with Gasteiger partial charge in [0.05, 0.1) is 0 Å². The largest absolute Gasteiger partial charge is 0.416 e. The van der Waals surface area contributed by atoms with Crippen LogP contribution in [0.5, 0.6) is 0 Å². The van der Waals surface area contributed by atoms with E-state index >= 15 is 0 Å². The van der Waals surface area contributed by atoms with Crippen molar-refractivity contribution in [1.29, 1.82) is 0 Å². The second kappa shape index (κ2) is 5.28. The smallest absolute Gasteiger partial charge is 0.394 e.